The van der Waals surface area contributed by atoms with Crippen molar-refractivity contribution < 1.29 is 9.53 Å². The van der Waals surface area contributed by atoms with Gasteiger partial charge in [0.25, 0.3) is 0 Å². The van der Waals surface area contributed by atoms with Crippen molar-refractivity contribution in [3.63, 3.8) is 0 Å². The molecule has 0 saturated carbocycles. The molecule has 0 radical (unpaired) electrons. The first-order valence-electron chi connectivity index (χ1n) is 5.14. The summed E-state index contributed by atoms with van der Waals surface area (Å²) in [5.74, 6) is 0.703. The van der Waals surface area contributed by atoms with Crippen LogP contribution in [0.4, 0.5) is 0 Å². The van der Waals surface area contributed by atoms with Crippen molar-refractivity contribution in [3.8, 4) is 5.75 Å². The Bertz CT molecular complexity index is 342. The Morgan fingerprint density at radius 1 is 1.47 bits per heavy atom. The highest BCUT2D eigenvalue weighted by Crippen LogP contribution is 2.23. The highest BCUT2D eigenvalue weighted by molar-refractivity contribution is 5.80. The predicted molar refractivity (Wildman–Crippen MR) is 61.5 cm³/mol. The summed E-state index contributed by atoms with van der Waals surface area (Å²) in [7, 11) is 0. The van der Waals surface area contributed by atoms with Crippen molar-refractivity contribution in [2.24, 2.45) is 0 Å². The SMILES string of the molecule is C=CCc1cccc(C=O)c1OCCC. The van der Waals surface area contributed by atoms with Gasteiger partial charge < -0.3 is 4.74 Å². The molecule has 0 saturated heterocycles. The monoisotopic (exact) mass is 204 g/mol. The number of para-hydroxylation sites is 1. The number of carbonyl (C=O) groups excluding carboxylic acids is 1. The van der Waals surface area contributed by atoms with Crippen LogP contribution >= 0.6 is 0 Å². The van der Waals surface area contributed by atoms with Gasteiger partial charge in [0.05, 0.1) is 12.2 Å². The Balaban J connectivity index is 3.02. The lowest BCUT2D eigenvalue weighted by atomic mass is 10.1. The summed E-state index contributed by atoms with van der Waals surface area (Å²) < 4.78 is 5.58. The zero-order chi connectivity index (χ0) is 11.1. The quantitative estimate of drug-likeness (QED) is 0.526. The topological polar surface area (TPSA) is 26.3 Å². The number of aldehydes is 1. The normalized spacial score (nSPS) is 9.67. The summed E-state index contributed by atoms with van der Waals surface area (Å²) in [6.07, 6.45) is 4.29. The second-order valence-electron chi connectivity index (χ2n) is 3.29. The molecule has 0 aliphatic carbocycles. The molecule has 1 aromatic carbocycles. The van der Waals surface area contributed by atoms with Crippen molar-refractivity contribution in [3.05, 3.63) is 42.0 Å². The zero-order valence-corrected chi connectivity index (χ0v) is 9.03. The number of hydrogen-bond acceptors (Lipinski definition) is 2. The number of allylic oxidation sites excluding steroid dienone is 1. The number of hydrogen-bond donors (Lipinski definition) is 0. The maximum atomic E-state index is 10.8. The van der Waals surface area contributed by atoms with Crippen LogP contribution in [-0.4, -0.2) is 12.9 Å². The molecule has 2 nitrogen and oxygen atoms in total. The first-order chi connectivity index (χ1) is 7.33. The molecule has 15 heavy (non-hydrogen) atoms. The number of benzene rings is 1. The zero-order valence-electron chi connectivity index (χ0n) is 9.03. The van der Waals surface area contributed by atoms with Gasteiger partial charge in [0.15, 0.2) is 6.29 Å². The summed E-state index contributed by atoms with van der Waals surface area (Å²) >= 11 is 0. The molecule has 0 bridgehead atoms. The van der Waals surface area contributed by atoms with E-state index < -0.39 is 0 Å². The molecule has 1 rings (SSSR count). The average molecular weight is 204 g/mol. The molecule has 2 heteroatoms. The lowest BCUT2D eigenvalue weighted by molar-refractivity contribution is 0.111. The molecule has 0 N–H and O–H groups in total. The van der Waals surface area contributed by atoms with Crippen LogP contribution in [0.2, 0.25) is 0 Å². The third-order valence-electron chi connectivity index (χ3n) is 2.07. The molecular formula is C13H16O2. The van der Waals surface area contributed by atoms with Gasteiger partial charge in [0.1, 0.15) is 5.75 Å². The third-order valence-corrected chi connectivity index (χ3v) is 2.07. The Hall–Kier alpha value is -1.57. The van der Waals surface area contributed by atoms with Gasteiger partial charge in [-0.2, -0.15) is 0 Å². The third kappa shape index (κ3) is 2.94. The van der Waals surface area contributed by atoms with Gasteiger partial charge in [-0.15, -0.1) is 6.58 Å². The number of carbonyl (C=O) groups is 1. The largest absolute Gasteiger partial charge is 0.493 e. The van der Waals surface area contributed by atoms with Crippen LogP contribution < -0.4 is 4.74 Å². The van der Waals surface area contributed by atoms with E-state index in [-0.39, 0.29) is 0 Å². The Labute approximate surface area is 90.6 Å². The lowest BCUT2D eigenvalue weighted by Gasteiger charge is -2.11. The molecule has 0 aliphatic rings. The van der Waals surface area contributed by atoms with Crippen LogP contribution in [0.15, 0.2) is 30.9 Å². The van der Waals surface area contributed by atoms with Crippen molar-refractivity contribution in [1.29, 1.82) is 0 Å². The van der Waals surface area contributed by atoms with Crippen molar-refractivity contribution in [2.45, 2.75) is 19.8 Å². The van der Waals surface area contributed by atoms with Crippen LogP contribution in [0, 0.1) is 0 Å². The fourth-order valence-corrected chi connectivity index (χ4v) is 1.39. The highest BCUT2D eigenvalue weighted by atomic mass is 16.5. The molecule has 0 spiro atoms. The smallest absolute Gasteiger partial charge is 0.153 e. The summed E-state index contributed by atoms with van der Waals surface area (Å²) in [5, 5.41) is 0. The van der Waals surface area contributed by atoms with Gasteiger partial charge >= 0.3 is 0 Å². The first kappa shape index (κ1) is 11.5. The number of ether oxygens (including phenoxy) is 1. The maximum Gasteiger partial charge on any atom is 0.153 e. The molecule has 0 fully saturated rings. The molecule has 0 amide bonds. The molecule has 1 aromatic rings. The van der Waals surface area contributed by atoms with Crippen molar-refractivity contribution >= 4 is 6.29 Å². The van der Waals surface area contributed by atoms with E-state index in [0.717, 1.165) is 24.7 Å². The summed E-state index contributed by atoms with van der Waals surface area (Å²) in [4.78, 5) is 10.8. The molecule has 0 atom stereocenters. The second kappa shape index (κ2) is 6.02. The van der Waals surface area contributed by atoms with Gasteiger partial charge in [-0.1, -0.05) is 25.1 Å². The molecular weight excluding hydrogens is 188 g/mol. The van der Waals surface area contributed by atoms with Crippen LogP contribution in [0.5, 0.6) is 5.75 Å². The van der Waals surface area contributed by atoms with Gasteiger partial charge in [-0.25, -0.2) is 0 Å². The van der Waals surface area contributed by atoms with Gasteiger partial charge in [0.2, 0.25) is 0 Å². The van der Waals surface area contributed by atoms with E-state index in [1.165, 1.54) is 0 Å². The second-order valence-corrected chi connectivity index (χ2v) is 3.29. The molecule has 0 heterocycles. The lowest BCUT2D eigenvalue weighted by Crippen LogP contribution is -2.01. The van der Waals surface area contributed by atoms with Gasteiger partial charge in [-0.05, 0) is 24.5 Å². The predicted octanol–water partition coefficient (Wildman–Crippen LogP) is 3.02. The Morgan fingerprint density at radius 3 is 2.87 bits per heavy atom. The highest BCUT2D eigenvalue weighted by Gasteiger charge is 2.07. The van der Waals surface area contributed by atoms with Crippen LogP contribution in [0.3, 0.4) is 0 Å². The minimum Gasteiger partial charge on any atom is -0.493 e. The standard InChI is InChI=1S/C13H16O2/c1-3-6-11-7-5-8-12(10-14)13(11)15-9-4-2/h3,5,7-8,10H,1,4,6,9H2,2H3. The van der Waals surface area contributed by atoms with E-state index >= 15 is 0 Å². The molecule has 80 valence electrons. The number of rotatable bonds is 6. The van der Waals surface area contributed by atoms with E-state index in [4.69, 9.17) is 4.74 Å². The Kier molecular flexibility index (Phi) is 4.61. The summed E-state index contributed by atoms with van der Waals surface area (Å²) in [6, 6.07) is 5.59. The van der Waals surface area contributed by atoms with Gasteiger partial charge in [0, 0.05) is 0 Å². The molecule has 0 aliphatic heterocycles. The minimum absolute atomic E-state index is 0.614. The van der Waals surface area contributed by atoms with Crippen LogP contribution in [0.25, 0.3) is 0 Å². The first-order valence-corrected chi connectivity index (χ1v) is 5.14. The summed E-state index contributed by atoms with van der Waals surface area (Å²) in [6.45, 7) is 6.36. The summed E-state index contributed by atoms with van der Waals surface area (Å²) in [5.41, 5.74) is 1.63. The fraction of sp³-hybridized carbons (Fsp3) is 0.308. The van der Waals surface area contributed by atoms with Crippen LogP contribution in [-0.2, 0) is 6.42 Å². The maximum absolute atomic E-state index is 10.8. The molecule has 0 unspecified atom stereocenters. The van der Waals surface area contributed by atoms with E-state index in [1.54, 1.807) is 6.07 Å². The fourth-order valence-electron chi connectivity index (χ4n) is 1.39. The van der Waals surface area contributed by atoms with E-state index in [1.807, 2.05) is 25.1 Å². The Morgan fingerprint density at radius 2 is 2.27 bits per heavy atom. The minimum atomic E-state index is 0.614. The average Bonchev–Trinajstić information content (AvgIpc) is 2.27. The van der Waals surface area contributed by atoms with Crippen molar-refractivity contribution in [1.82, 2.24) is 0 Å². The van der Waals surface area contributed by atoms with E-state index in [0.29, 0.717) is 17.9 Å². The molecule has 0 aromatic heterocycles. The van der Waals surface area contributed by atoms with Gasteiger partial charge in [-0.3, -0.25) is 4.79 Å². The van der Waals surface area contributed by atoms with Crippen molar-refractivity contribution in [2.75, 3.05) is 6.61 Å². The van der Waals surface area contributed by atoms with E-state index in [2.05, 4.69) is 6.58 Å². The van der Waals surface area contributed by atoms with Crippen LogP contribution in [0.1, 0.15) is 29.3 Å². The van der Waals surface area contributed by atoms with E-state index in [9.17, 15) is 4.79 Å².